The van der Waals surface area contributed by atoms with Crippen molar-refractivity contribution < 1.29 is 14.6 Å². The molecule has 0 aliphatic carbocycles. The van der Waals surface area contributed by atoms with E-state index in [1.54, 1.807) is 7.11 Å². The molecule has 0 aromatic heterocycles. The molecule has 2 aromatic rings. The normalized spacial score (nSPS) is 21.8. The maximum absolute atomic E-state index is 10.7. The van der Waals surface area contributed by atoms with Crippen LogP contribution in [-0.2, 0) is 17.6 Å². The van der Waals surface area contributed by atoms with Crippen LogP contribution >= 0.6 is 0 Å². The number of benzene rings is 2. The highest BCUT2D eigenvalue weighted by Crippen LogP contribution is 2.51. The van der Waals surface area contributed by atoms with Crippen LogP contribution in [-0.4, -0.2) is 12.2 Å². The number of allylic oxidation sites excluding steroid dienone is 1. The van der Waals surface area contributed by atoms with Crippen molar-refractivity contribution in [3.63, 3.8) is 0 Å². The van der Waals surface area contributed by atoms with Gasteiger partial charge in [-0.3, -0.25) is 0 Å². The van der Waals surface area contributed by atoms with Crippen LogP contribution in [0.5, 0.6) is 11.5 Å². The van der Waals surface area contributed by atoms with Crippen molar-refractivity contribution in [1.29, 1.82) is 0 Å². The smallest absolute Gasteiger partial charge is 0.126 e. The molecular weight excluding hydrogens is 288 g/mol. The van der Waals surface area contributed by atoms with Crippen molar-refractivity contribution in [2.45, 2.75) is 32.0 Å². The van der Waals surface area contributed by atoms with Gasteiger partial charge in [0.2, 0.25) is 0 Å². The van der Waals surface area contributed by atoms with Gasteiger partial charge in [0.15, 0.2) is 0 Å². The molecule has 3 nitrogen and oxygen atoms in total. The lowest BCUT2D eigenvalue weighted by Crippen LogP contribution is -2.28. The lowest BCUT2D eigenvalue weighted by atomic mass is 9.80. The zero-order chi connectivity index (χ0) is 16.0. The minimum absolute atomic E-state index is 0.00825. The Morgan fingerprint density at radius 2 is 2.04 bits per heavy atom. The average Bonchev–Trinajstić information content (AvgIpc) is 2.58. The van der Waals surface area contributed by atoms with Crippen LogP contribution in [0.25, 0.3) is 6.08 Å². The van der Waals surface area contributed by atoms with Gasteiger partial charge in [-0.15, -0.1) is 0 Å². The Morgan fingerprint density at radius 3 is 2.83 bits per heavy atom. The topological polar surface area (TPSA) is 38.7 Å². The molecule has 0 fully saturated rings. The predicted octanol–water partition coefficient (Wildman–Crippen LogP) is 4.35. The van der Waals surface area contributed by atoms with Crippen LogP contribution in [0.15, 0.2) is 36.4 Å². The van der Waals surface area contributed by atoms with E-state index < -0.39 is 0 Å². The van der Waals surface area contributed by atoms with E-state index in [1.165, 1.54) is 11.1 Å². The van der Waals surface area contributed by atoms with Crippen LogP contribution in [0.1, 0.15) is 46.9 Å². The molecule has 3 heteroatoms. The summed E-state index contributed by atoms with van der Waals surface area (Å²) in [7, 11) is 1.68. The number of fused-ring (bicyclic) bond motifs is 6. The maximum atomic E-state index is 10.7. The first kappa shape index (κ1) is 14.3. The van der Waals surface area contributed by atoms with E-state index in [-0.39, 0.29) is 12.2 Å². The second-order valence-electron chi connectivity index (χ2n) is 6.13. The van der Waals surface area contributed by atoms with Gasteiger partial charge in [0, 0.05) is 29.5 Å². The molecule has 1 N–H and O–H groups in total. The van der Waals surface area contributed by atoms with E-state index in [0.29, 0.717) is 12.2 Å². The van der Waals surface area contributed by atoms with Gasteiger partial charge in [0.1, 0.15) is 11.5 Å². The SMILES string of the molecule is C/C=C/c1cc(OC)c2c(c1O)C[C@H]1O[C@@H]2Cc2ccccc21. The molecule has 0 saturated carbocycles. The van der Waals surface area contributed by atoms with E-state index in [0.717, 1.165) is 28.9 Å². The number of rotatable bonds is 2. The Hall–Kier alpha value is -2.26. The number of methoxy groups -OCH3 is 1. The summed E-state index contributed by atoms with van der Waals surface area (Å²) in [5.41, 5.74) is 5.34. The lowest BCUT2D eigenvalue weighted by Gasteiger charge is -2.39. The number of hydrogen-bond donors (Lipinski definition) is 1. The Labute approximate surface area is 136 Å². The largest absolute Gasteiger partial charge is 0.507 e. The van der Waals surface area contributed by atoms with Gasteiger partial charge in [0.05, 0.1) is 19.3 Å². The van der Waals surface area contributed by atoms with Crippen molar-refractivity contribution in [2.75, 3.05) is 7.11 Å². The molecule has 23 heavy (non-hydrogen) atoms. The van der Waals surface area contributed by atoms with Crippen LogP contribution < -0.4 is 4.74 Å². The Kier molecular flexibility index (Phi) is 3.38. The maximum Gasteiger partial charge on any atom is 0.126 e. The van der Waals surface area contributed by atoms with Crippen LogP contribution in [0.3, 0.4) is 0 Å². The fraction of sp³-hybridized carbons (Fsp3) is 0.300. The number of phenols is 1. The summed E-state index contributed by atoms with van der Waals surface area (Å²) in [6.07, 6.45) is 5.29. The Balaban J connectivity index is 1.90. The molecule has 118 valence electrons. The van der Waals surface area contributed by atoms with E-state index >= 15 is 0 Å². The molecule has 2 atom stereocenters. The van der Waals surface area contributed by atoms with Gasteiger partial charge in [-0.1, -0.05) is 36.4 Å². The van der Waals surface area contributed by atoms with Crippen LogP contribution in [0, 0.1) is 0 Å². The van der Waals surface area contributed by atoms with Gasteiger partial charge in [-0.2, -0.15) is 0 Å². The molecular formula is C20H20O3. The summed E-state index contributed by atoms with van der Waals surface area (Å²) in [6.45, 7) is 1.94. The van der Waals surface area contributed by atoms with Crippen LogP contribution in [0.4, 0.5) is 0 Å². The monoisotopic (exact) mass is 308 g/mol. The summed E-state index contributed by atoms with van der Waals surface area (Å²) < 4.78 is 11.9. The molecule has 0 spiro atoms. The standard InChI is InChI=1S/C20H20O3/c1-3-6-13-10-17(22-2)19-15(20(13)21)11-16-14-8-5-4-7-12(14)9-18(19)23-16/h3-8,10,16,18,21H,9,11H2,1-2H3/b6-3+/t16-,18-/m1/s1. The van der Waals surface area contributed by atoms with Gasteiger partial charge in [-0.05, 0) is 24.1 Å². The first-order valence-electron chi connectivity index (χ1n) is 8.01. The van der Waals surface area contributed by atoms with Crippen molar-refractivity contribution in [1.82, 2.24) is 0 Å². The van der Waals surface area contributed by atoms with Gasteiger partial charge >= 0.3 is 0 Å². The molecule has 0 amide bonds. The van der Waals surface area contributed by atoms with Crippen molar-refractivity contribution >= 4 is 6.08 Å². The van der Waals surface area contributed by atoms with Crippen molar-refractivity contribution in [3.05, 3.63) is 64.2 Å². The minimum atomic E-state index is -0.0563. The third-order valence-corrected chi connectivity index (χ3v) is 4.85. The van der Waals surface area contributed by atoms with Crippen molar-refractivity contribution in [2.24, 2.45) is 0 Å². The summed E-state index contributed by atoms with van der Waals surface area (Å²) in [5.74, 6) is 1.16. The zero-order valence-electron chi connectivity index (χ0n) is 13.4. The molecule has 2 aromatic carbocycles. The first-order chi connectivity index (χ1) is 11.2. The highest BCUT2D eigenvalue weighted by atomic mass is 16.5. The van der Waals surface area contributed by atoms with Crippen LogP contribution in [0.2, 0.25) is 0 Å². The number of hydrogen-bond acceptors (Lipinski definition) is 3. The third-order valence-electron chi connectivity index (χ3n) is 4.85. The average molecular weight is 308 g/mol. The summed E-state index contributed by atoms with van der Waals surface area (Å²) >= 11 is 0. The second-order valence-corrected chi connectivity index (χ2v) is 6.13. The lowest BCUT2D eigenvalue weighted by molar-refractivity contribution is -0.0409. The van der Waals surface area contributed by atoms with Gasteiger partial charge in [-0.25, -0.2) is 0 Å². The quantitative estimate of drug-likeness (QED) is 0.896. The van der Waals surface area contributed by atoms with Gasteiger partial charge in [0.25, 0.3) is 0 Å². The molecule has 2 bridgehead atoms. The van der Waals surface area contributed by atoms with Gasteiger partial charge < -0.3 is 14.6 Å². The summed E-state index contributed by atoms with van der Waals surface area (Å²) in [4.78, 5) is 0. The van der Waals surface area contributed by atoms with E-state index in [4.69, 9.17) is 9.47 Å². The molecule has 0 saturated heterocycles. The molecule has 0 radical (unpaired) electrons. The molecule has 0 unspecified atom stereocenters. The third kappa shape index (κ3) is 2.15. The molecule has 4 rings (SSSR count). The van der Waals surface area contributed by atoms with E-state index in [2.05, 4.69) is 24.3 Å². The second kappa shape index (κ2) is 5.43. The summed E-state index contributed by atoms with van der Waals surface area (Å²) in [5, 5.41) is 10.7. The first-order valence-corrected chi connectivity index (χ1v) is 8.01. The fourth-order valence-electron chi connectivity index (χ4n) is 3.84. The Morgan fingerprint density at radius 1 is 1.22 bits per heavy atom. The number of phenolic OH excluding ortho intramolecular Hbond substituents is 1. The van der Waals surface area contributed by atoms with E-state index in [1.807, 2.05) is 25.1 Å². The zero-order valence-corrected chi connectivity index (χ0v) is 13.4. The predicted molar refractivity (Wildman–Crippen MR) is 89.8 cm³/mol. The fourth-order valence-corrected chi connectivity index (χ4v) is 3.84. The minimum Gasteiger partial charge on any atom is -0.507 e. The van der Waals surface area contributed by atoms with Crippen molar-refractivity contribution in [3.8, 4) is 11.5 Å². The molecule has 2 aliphatic rings. The highest BCUT2D eigenvalue weighted by molar-refractivity contribution is 5.66. The summed E-state index contributed by atoms with van der Waals surface area (Å²) in [6, 6.07) is 10.3. The number of aromatic hydroxyl groups is 1. The van der Waals surface area contributed by atoms with E-state index in [9.17, 15) is 5.11 Å². The number of ether oxygens (including phenoxy) is 2. The molecule has 2 heterocycles. The molecule has 2 aliphatic heterocycles. The highest BCUT2D eigenvalue weighted by Gasteiger charge is 2.38. The Bertz CT molecular complexity index is 792.